The van der Waals surface area contributed by atoms with Gasteiger partial charge < -0.3 is 31.6 Å². The molecular weight excluding hydrogens is 633 g/mol. The lowest BCUT2D eigenvalue weighted by molar-refractivity contribution is -0.158. The molecular formula is C32H42N4O8S2. The van der Waals surface area contributed by atoms with Gasteiger partial charge in [0.1, 0.15) is 23.3 Å². The topological polar surface area (TPSA) is 197 Å². The number of ether oxygens (including phenoxy) is 2. The Hall–Kier alpha value is -4.04. The lowest BCUT2D eigenvalue weighted by Gasteiger charge is -2.25. The quantitative estimate of drug-likeness (QED) is 0.159. The number of hydrogen-bond acceptors (Lipinski definition) is 10. The molecule has 0 aromatic heterocycles. The molecule has 4 amide bonds. The van der Waals surface area contributed by atoms with E-state index in [0.29, 0.717) is 9.79 Å². The molecule has 0 aliphatic rings. The van der Waals surface area contributed by atoms with Gasteiger partial charge in [-0.3, -0.25) is 19.2 Å². The smallest absolute Gasteiger partial charge is 0.329 e. The molecule has 46 heavy (non-hydrogen) atoms. The summed E-state index contributed by atoms with van der Waals surface area (Å²) in [5.74, 6) is -3.76. The van der Waals surface area contributed by atoms with Crippen LogP contribution in [0.5, 0.6) is 0 Å². The molecule has 2 rings (SSSR count). The fraction of sp³-hybridized carbons (Fsp3) is 0.438. The highest BCUT2D eigenvalue weighted by Crippen LogP contribution is 2.40. The van der Waals surface area contributed by atoms with E-state index in [1.54, 1.807) is 90.1 Å². The maximum Gasteiger partial charge on any atom is 0.329 e. The normalized spacial score (nSPS) is 12.7. The van der Waals surface area contributed by atoms with E-state index in [9.17, 15) is 28.8 Å². The Kier molecular flexibility index (Phi) is 14.1. The molecule has 12 nitrogen and oxygen atoms in total. The van der Waals surface area contributed by atoms with Crippen LogP contribution in [-0.4, -0.2) is 58.9 Å². The van der Waals surface area contributed by atoms with Crippen molar-refractivity contribution in [3.05, 3.63) is 59.7 Å². The number of nitrogens with two attached hydrogens (primary N) is 2. The number of nitrogens with one attached hydrogen (secondary N) is 2. The summed E-state index contributed by atoms with van der Waals surface area (Å²) >= 11 is 0. The number of carbonyl (C=O) groups is 6. The zero-order valence-electron chi connectivity index (χ0n) is 26.8. The van der Waals surface area contributed by atoms with Crippen LogP contribution in [0.1, 0.15) is 87.9 Å². The Labute approximate surface area is 276 Å². The molecule has 0 aliphatic heterocycles. The fourth-order valence-corrected chi connectivity index (χ4v) is 6.19. The second-order valence-electron chi connectivity index (χ2n) is 12.3. The zero-order valence-corrected chi connectivity index (χ0v) is 28.5. The van der Waals surface area contributed by atoms with Gasteiger partial charge in [0.25, 0.3) is 11.8 Å². The van der Waals surface area contributed by atoms with Crippen LogP contribution >= 0.6 is 21.6 Å². The SMILES string of the molecule is CC(C)(C)OC(=O)[C@H](CCC(N)=O)NC(=O)c1ccccc1SSc1ccccc1C(=O)N[C@@H](CCC(N)=O)C(=O)OC(C)(C)C. The van der Waals surface area contributed by atoms with Gasteiger partial charge in [-0.25, -0.2) is 9.59 Å². The van der Waals surface area contributed by atoms with Crippen molar-refractivity contribution < 1.29 is 38.2 Å². The Bertz CT molecular complexity index is 1330. The van der Waals surface area contributed by atoms with Crippen LogP contribution in [0.2, 0.25) is 0 Å². The first-order valence-electron chi connectivity index (χ1n) is 14.5. The molecule has 2 aromatic rings. The van der Waals surface area contributed by atoms with Crippen molar-refractivity contribution >= 4 is 57.2 Å². The number of primary amides is 2. The van der Waals surface area contributed by atoms with Crippen LogP contribution in [0, 0.1) is 0 Å². The Balaban J connectivity index is 2.25. The van der Waals surface area contributed by atoms with Gasteiger partial charge in [-0.05, 0) is 78.6 Å². The van der Waals surface area contributed by atoms with Crippen molar-refractivity contribution in [1.29, 1.82) is 0 Å². The number of rotatable bonds is 15. The van der Waals surface area contributed by atoms with E-state index in [1.807, 2.05) is 0 Å². The molecule has 250 valence electrons. The van der Waals surface area contributed by atoms with E-state index >= 15 is 0 Å². The van der Waals surface area contributed by atoms with Crippen molar-refractivity contribution in [2.24, 2.45) is 11.5 Å². The van der Waals surface area contributed by atoms with Crippen molar-refractivity contribution in [3.63, 3.8) is 0 Å². The molecule has 14 heteroatoms. The van der Waals surface area contributed by atoms with Gasteiger partial charge in [-0.2, -0.15) is 0 Å². The fourth-order valence-electron chi connectivity index (χ4n) is 3.83. The summed E-state index contributed by atoms with van der Waals surface area (Å²) in [5.41, 5.74) is 9.43. The highest BCUT2D eigenvalue weighted by molar-refractivity contribution is 8.76. The first-order valence-corrected chi connectivity index (χ1v) is 16.7. The molecule has 0 fully saturated rings. The Morgan fingerprint density at radius 2 is 0.957 bits per heavy atom. The van der Waals surface area contributed by atoms with Crippen LogP contribution < -0.4 is 22.1 Å². The molecule has 2 atom stereocenters. The summed E-state index contributed by atoms with van der Waals surface area (Å²) in [4.78, 5) is 76.2. The monoisotopic (exact) mass is 674 g/mol. The summed E-state index contributed by atoms with van der Waals surface area (Å²) in [6.45, 7) is 10.2. The van der Waals surface area contributed by atoms with Crippen LogP contribution in [0.25, 0.3) is 0 Å². The summed E-state index contributed by atoms with van der Waals surface area (Å²) in [5, 5.41) is 5.33. The lowest BCUT2D eigenvalue weighted by Crippen LogP contribution is -2.44. The number of benzene rings is 2. The third-order valence-electron chi connectivity index (χ3n) is 5.84. The molecule has 0 bridgehead atoms. The molecule has 0 spiro atoms. The summed E-state index contributed by atoms with van der Waals surface area (Å²) in [6, 6.07) is 11.2. The molecule has 0 radical (unpaired) electrons. The molecule has 0 saturated carbocycles. The highest BCUT2D eigenvalue weighted by Gasteiger charge is 2.30. The molecule has 6 N–H and O–H groups in total. The minimum absolute atomic E-state index is 0.0355. The van der Waals surface area contributed by atoms with E-state index in [4.69, 9.17) is 20.9 Å². The maximum absolute atomic E-state index is 13.4. The van der Waals surface area contributed by atoms with E-state index in [2.05, 4.69) is 10.6 Å². The average Bonchev–Trinajstić information content (AvgIpc) is 2.94. The van der Waals surface area contributed by atoms with Crippen LogP contribution in [-0.2, 0) is 28.7 Å². The first-order chi connectivity index (χ1) is 21.4. The average molecular weight is 675 g/mol. The van der Waals surface area contributed by atoms with Crippen LogP contribution in [0.15, 0.2) is 58.3 Å². The second-order valence-corrected chi connectivity index (χ2v) is 14.5. The number of esters is 2. The lowest BCUT2D eigenvalue weighted by atomic mass is 10.1. The second kappa shape index (κ2) is 17.0. The van der Waals surface area contributed by atoms with E-state index in [0.717, 1.165) is 0 Å². The summed E-state index contributed by atoms with van der Waals surface area (Å²) < 4.78 is 10.9. The number of hydrogen-bond donors (Lipinski definition) is 4. The third-order valence-corrected chi connectivity index (χ3v) is 8.32. The Morgan fingerprint density at radius 3 is 1.26 bits per heavy atom. The van der Waals surface area contributed by atoms with Gasteiger partial charge in [0, 0.05) is 22.6 Å². The largest absolute Gasteiger partial charge is 0.458 e. The van der Waals surface area contributed by atoms with Gasteiger partial charge in [0.05, 0.1) is 11.1 Å². The number of carbonyl (C=O) groups excluding carboxylic acids is 6. The van der Waals surface area contributed by atoms with E-state index in [1.165, 1.54) is 21.6 Å². The molecule has 0 unspecified atom stereocenters. The van der Waals surface area contributed by atoms with Crippen LogP contribution in [0.4, 0.5) is 0 Å². The summed E-state index contributed by atoms with van der Waals surface area (Å²) in [6.07, 6.45) is -0.336. The summed E-state index contributed by atoms with van der Waals surface area (Å²) in [7, 11) is 2.41. The predicted molar refractivity (Wildman–Crippen MR) is 176 cm³/mol. The molecule has 2 aromatic carbocycles. The maximum atomic E-state index is 13.4. The number of amides is 4. The van der Waals surface area contributed by atoms with Gasteiger partial charge in [0.15, 0.2) is 0 Å². The van der Waals surface area contributed by atoms with Gasteiger partial charge in [-0.1, -0.05) is 45.9 Å². The highest BCUT2D eigenvalue weighted by atomic mass is 33.1. The standard InChI is InChI=1S/C32H42N4O8S2/c1-31(2,3)43-29(41)21(15-17-25(33)37)35-27(39)19-11-7-9-13-23(19)45-46-24-14-10-8-12-20(24)28(40)36-22(16-18-26(34)38)30(42)44-32(4,5)6/h7-14,21-22H,15-18H2,1-6H3,(H2,33,37)(H2,34,38)(H,35,39)(H,36,40)/t21-,22-/m0/s1. The predicted octanol–water partition coefficient (Wildman–Crippen LogP) is 3.90. The Morgan fingerprint density at radius 1 is 0.630 bits per heavy atom. The molecule has 0 aliphatic carbocycles. The molecule has 0 heterocycles. The van der Waals surface area contributed by atoms with Crippen molar-refractivity contribution in [1.82, 2.24) is 10.6 Å². The van der Waals surface area contributed by atoms with Crippen molar-refractivity contribution in [2.45, 2.75) is 100 Å². The minimum atomic E-state index is -1.11. The van der Waals surface area contributed by atoms with Crippen LogP contribution in [0.3, 0.4) is 0 Å². The van der Waals surface area contributed by atoms with E-state index < -0.39 is 58.9 Å². The minimum Gasteiger partial charge on any atom is -0.458 e. The first kappa shape index (κ1) is 38.1. The van der Waals surface area contributed by atoms with Gasteiger partial charge in [-0.15, -0.1) is 0 Å². The van der Waals surface area contributed by atoms with Crippen molar-refractivity contribution in [2.75, 3.05) is 0 Å². The van der Waals surface area contributed by atoms with Crippen molar-refractivity contribution in [3.8, 4) is 0 Å². The van der Waals surface area contributed by atoms with Gasteiger partial charge >= 0.3 is 11.9 Å². The van der Waals surface area contributed by atoms with Gasteiger partial charge in [0.2, 0.25) is 11.8 Å². The third kappa shape index (κ3) is 13.5. The van der Waals surface area contributed by atoms with E-state index in [-0.39, 0.29) is 36.8 Å². The zero-order chi connectivity index (χ0) is 34.7. The molecule has 0 saturated heterocycles.